The lowest BCUT2D eigenvalue weighted by molar-refractivity contribution is -0.125. The molecule has 25 heavy (non-hydrogen) atoms. The average molecular weight is 367 g/mol. The third kappa shape index (κ3) is 5.28. The minimum absolute atomic E-state index is 0.167. The summed E-state index contributed by atoms with van der Waals surface area (Å²) in [6.07, 6.45) is 6.27. The van der Waals surface area contributed by atoms with Crippen LogP contribution in [0.4, 0.5) is 0 Å². The maximum atomic E-state index is 12.5. The standard InChI is InChI=1S/C19H30N2O3S/c1-3-21(4-2)25(23,24)18-12-10-16(11-13-18)14-15-20-19(22)17-8-6-5-7-9-17/h10-13,17H,3-9,14-15H2,1-2H3,(H,20,22). The Hall–Kier alpha value is -1.40. The fourth-order valence-electron chi connectivity index (χ4n) is 3.38. The zero-order valence-corrected chi connectivity index (χ0v) is 16.1. The van der Waals surface area contributed by atoms with Crippen LogP contribution in [0.25, 0.3) is 0 Å². The summed E-state index contributed by atoms with van der Waals surface area (Å²) < 4.78 is 26.4. The molecule has 1 N–H and O–H groups in total. The van der Waals surface area contributed by atoms with Crippen molar-refractivity contribution in [1.82, 2.24) is 9.62 Å². The van der Waals surface area contributed by atoms with Gasteiger partial charge in [-0.05, 0) is 37.0 Å². The van der Waals surface area contributed by atoms with Crippen molar-refractivity contribution in [2.24, 2.45) is 5.92 Å². The van der Waals surface area contributed by atoms with Gasteiger partial charge in [0.15, 0.2) is 0 Å². The molecule has 1 aliphatic carbocycles. The first kappa shape index (κ1) is 19.9. The molecular formula is C19H30N2O3S. The highest BCUT2D eigenvalue weighted by Gasteiger charge is 2.22. The lowest BCUT2D eigenvalue weighted by Crippen LogP contribution is -2.33. The molecule has 1 amide bonds. The zero-order valence-electron chi connectivity index (χ0n) is 15.3. The van der Waals surface area contributed by atoms with Crippen molar-refractivity contribution in [2.75, 3.05) is 19.6 Å². The number of benzene rings is 1. The molecule has 0 aliphatic heterocycles. The lowest BCUT2D eigenvalue weighted by Gasteiger charge is -2.20. The maximum absolute atomic E-state index is 12.5. The van der Waals surface area contributed by atoms with Crippen LogP contribution in [0.15, 0.2) is 29.2 Å². The Balaban J connectivity index is 1.87. The van der Waals surface area contributed by atoms with E-state index in [1.165, 1.54) is 10.7 Å². The molecule has 1 aromatic carbocycles. The summed E-state index contributed by atoms with van der Waals surface area (Å²) in [5.74, 6) is 0.343. The molecule has 140 valence electrons. The first-order chi connectivity index (χ1) is 12.0. The number of carbonyl (C=O) groups excluding carboxylic acids is 1. The van der Waals surface area contributed by atoms with E-state index in [0.29, 0.717) is 31.0 Å². The van der Waals surface area contributed by atoms with Gasteiger partial charge in [-0.15, -0.1) is 0 Å². The van der Waals surface area contributed by atoms with Gasteiger partial charge in [0.2, 0.25) is 15.9 Å². The molecule has 5 nitrogen and oxygen atoms in total. The van der Waals surface area contributed by atoms with E-state index in [2.05, 4.69) is 5.32 Å². The summed E-state index contributed by atoms with van der Waals surface area (Å²) in [6, 6.07) is 6.99. The lowest BCUT2D eigenvalue weighted by atomic mass is 9.88. The Morgan fingerprint density at radius 3 is 2.24 bits per heavy atom. The molecule has 1 fully saturated rings. The molecule has 1 saturated carbocycles. The van der Waals surface area contributed by atoms with E-state index in [4.69, 9.17) is 0 Å². The summed E-state index contributed by atoms with van der Waals surface area (Å²) in [7, 11) is -3.40. The SMILES string of the molecule is CCN(CC)S(=O)(=O)c1ccc(CCNC(=O)C2CCCCC2)cc1. The molecule has 2 rings (SSSR count). The normalized spacial score (nSPS) is 16.1. The summed E-state index contributed by atoms with van der Waals surface area (Å²) in [5.41, 5.74) is 1.03. The van der Waals surface area contributed by atoms with Crippen LogP contribution in [-0.2, 0) is 21.2 Å². The number of carbonyl (C=O) groups is 1. The number of nitrogens with zero attached hydrogens (tertiary/aromatic N) is 1. The molecule has 6 heteroatoms. The van der Waals surface area contributed by atoms with Crippen molar-refractivity contribution in [2.45, 2.75) is 57.3 Å². The molecule has 0 saturated heterocycles. The van der Waals surface area contributed by atoms with E-state index < -0.39 is 10.0 Å². The van der Waals surface area contributed by atoms with Crippen molar-refractivity contribution in [3.05, 3.63) is 29.8 Å². The Bertz CT molecular complexity index is 646. The minimum Gasteiger partial charge on any atom is -0.356 e. The molecule has 0 radical (unpaired) electrons. The second-order valence-corrected chi connectivity index (χ2v) is 8.55. The van der Waals surface area contributed by atoms with Crippen LogP contribution in [0.1, 0.15) is 51.5 Å². The van der Waals surface area contributed by atoms with Gasteiger partial charge in [-0.1, -0.05) is 45.2 Å². The van der Waals surface area contributed by atoms with Gasteiger partial charge in [0.05, 0.1) is 4.90 Å². The Kier molecular flexibility index (Phi) is 7.44. The predicted molar refractivity (Wildman–Crippen MR) is 99.8 cm³/mol. The van der Waals surface area contributed by atoms with Crippen LogP contribution < -0.4 is 5.32 Å². The number of sulfonamides is 1. The number of hydrogen-bond acceptors (Lipinski definition) is 3. The molecule has 0 heterocycles. The van der Waals surface area contributed by atoms with Gasteiger partial charge in [0.25, 0.3) is 0 Å². The Morgan fingerprint density at radius 2 is 1.68 bits per heavy atom. The molecular weight excluding hydrogens is 336 g/mol. The first-order valence-electron chi connectivity index (χ1n) is 9.35. The van der Waals surface area contributed by atoms with Crippen LogP contribution in [-0.4, -0.2) is 38.3 Å². The average Bonchev–Trinajstić information content (AvgIpc) is 2.63. The van der Waals surface area contributed by atoms with Gasteiger partial charge in [-0.25, -0.2) is 8.42 Å². The van der Waals surface area contributed by atoms with Crippen molar-refractivity contribution in [3.8, 4) is 0 Å². The first-order valence-corrected chi connectivity index (χ1v) is 10.8. The van der Waals surface area contributed by atoms with Gasteiger partial charge in [0.1, 0.15) is 0 Å². The zero-order chi connectivity index (χ0) is 18.3. The van der Waals surface area contributed by atoms with E-state index >= 15 is 0 Å². The quantitative estimate of drug-likeness (QED) is 0.769. The van der Waals surface area contributed by atoms with Gasteiger partial charge in [0, 0.05) is 25.6 Å². The second-order valence-electron chi connectivity index (χ2n) is 6.61. The van der Waals surface area contributed by atoms with Crippen LogP contribution in [0.5, 0.6) is 0 Å². The number of amides is 1. The Morgan fingerprint density at radius 1 is 1.08 bits per heavy atom. The molecule has 0 aromatic heterocycles. The fraction of sp³-hybridized carbons (Fsp3) is 0.632. The van der Waals surface area contributed by atoms with Crippen LogP contribution >= 0.6 is 0 Å². The van der Waals surface area contributed by atoms with Crippen molar-refractivity contribution in [1.29, 1.82) is 0 Å². The predicted octanol–water partition coefficient (Wildman–Crippen LogP) is 2.96. The summed E-state index contributed by atoms with van der Waals surface area (Å²) in [4.78, 5) is 12.4. The van der Waals surface area contributed by atoms with Crippen molar-refractivity contribution >= 4 is 15.9 Å². The van der Waals surface area contributed by atoms with Gasteiger partial charge in [-0.3, -0.25) is 4.79 Å². The highest BCUT2D eigenvalue weighted by Crippen LogP contribution is 2.23. The van der Waals surface area contributed by atoms with E-state index in [1.807, 2.05) is 26.0 Å². The monoisotopic (exact) mass is 366 g/mol. The highest BCUT2D eigenvalue weighted by atomic mass is 32.2. The van der Waals surface area contributed by atoms with E-state index in [1.54, 1.807) is 12.1 Å². The van der Waals surface area contributed by atoms with Gasteiger partial charge < -0.3 is 5.32 Å². The summed E-state index contributed by atoms with van der Waals surface area (Å²) in [5, 5.41) is 3.02. The molecule has 0 unspecified atom stereocenters. The van der Waals surface area contributed by atoms with E-state index in [-0.39, 0.29) is 11.8 Å². The highest BCUT2D eigenvalue weighted by molar-refractivity contribution is 7.89. The molecule has 1 aromatic rings. The molecule has 0 spiro atoms. The van der Waals surface area contributed by atoms with Crippen LogP contribution in [0, 0.1) is 5.92 Å². The Labute approximate surface area is 151 Å². The second kappa shape index (κ2) is 9.34. The number of hydrogen-bond donors (Lipinski definition) is 1. The number of rotatable bonds is 8. The maximum Gasteiger partial charge on any atom is 0.243 e. The third-order valence-electron chi connectivity index (χ3n) is 4.96. The van der Waals surface area contributed by atoms with E-state index in [9.17, 15) is 13.2 Å². The van der Waals surface area contributed by atoms with Crippen molar-refractivity contribution in [3.63, 3.8) is 0 Å². The van der Waals surface area contributed by atoms with Crippen LogP contribution in [0.3, 0.4) is 0 Å². The largest absolute Gasteiger partial charge is 0.356 e. The summed E-state index contributed by atoms with van der Waals surface area (Å²) >= 11 is 0. The topological polar surface area (TPSA) is 66.5 Å². The minimum atomic E-state index is -3.40. The molecule has 1 aliphatic rings. The van der Waals surface area contributed by atoms with Crippen LogP contribution in [0.2, 0.25) is 0 Å². The fourth-order valence-corrected chi connectivity index (χ4v) is 4.84. The smallest absolute Gasteiger partial charge is 0.243 e. The molecule has 0 bridgehead atoms. The van der Waals surface area contributed by atoms with Gasteiger partial charge in [-0.2, -0.15) is 4.31 Å². The summed E-state index contributed by atoms with van der Waals surface area (Å²) in [6.45, 7) is 5.20. The van der Waals surface area contributed by atoms with E-state index in [0.717, 1.165) is 31.2 Å². The molecule has 0 atom stereocenters. The third-order valence-corrected chi connectivity index (χ3v) is 7.02. The number of nitrogens with one attached hydrogen (secondary N) is 1. The van der Waals surface area contributed by atoms with Gasteiger partial charge >= 0.3 is 0 Å². The van der Waals surface area contributed by atoms with Crippen molar-refractivity contribution < 1.29 is 13.2 Å².